The molecule has 8 nitrogen and oxygen atoms in total. The Hall–Kier alpha value is -1.54. The highest BCUT2D eigenvalue weighted by Gasteiger charge is 2.28. The first-order valence-corrected chi connectivity index (χ1v) is 30.5. The smallest absolute Gasteiger partial charge is 0.391 e. The van der Waals surface area contributed by atoms with E-state index in [1.165, 1.54) is 167 Å². The Morgan fingerprint density at radius 2 is 0.882 bits per heavy atom. The Labute approximate surface area is 422 Å². The molecule has 0 bridgehead atoms. The lowest BCUT2D eigenvalue weighted by Gasteiger charge is -2.26. The number of allylic oxidation sites excluding steroid dienone is 8. The molecule has 0 spiro atoms. The first-order valence-electron chi connectivity index (χ1n) is 29.0. The lowest BCUT2D eigenvalue weighted by molar-refractivity contribution is -0.870. The predicted molar refractivity (Wildman–Crippen MR) is 295 cm³/mol. The second-order valence-corrected chi connectivity index (χ2v) is 22.4. The molecule has 0 saturated carbocycles. The summed E-state index contributed by atoms with van der Waals surface area (Å²) in [5.41, 5.74) is 0. The van der Waals surface area contributed by atoms with E-state index in [2.05, 4.69) is 67.8 Å². The van der Waals surface area contributed by atoms with Gasteiger partial charge in [-0.25, -0.2) is 4.57 Å². The van der Waals surface area contributed by atoms with Gasteiger partial charge in [0.1, 0.15) is 13.2 Å². The van der Waals surface area contributed by atoms with Crippen LogP contribution in [0.3, 0.4) is 0 Å². The second-order valence-electron chi connectivity index (χ2n) is 21.0. The number of carbonyl (C=O) groups excluding carboxylic acids is 1. The van der Waals surface area contributed by atoms with Crippen LogP contribution in [0, 0.1) is 0 Å². The van der Waals surface area contributed by atoms with Crippen LogP contribution in [0.5, 0.6) is 0 Å². The molecular formula is C59H114N2O6P+. The summed E-state index contributed by atoms with van der Waals surface area (Å²) < 4.78 is 23.8. The van der Waals surface area contributed by atoms with Gasteiger partial charge in [-0.1, -0.05) is 262 Å². The summed E-state index contributed by atoms with van der Waals surface area (Å²) >= 11 is 0. The monoisotopic (exact) mass is 978 g/mol. The Bertz CT molecular complexity index is 1250. The van der Waals surface area contributed by atoms with Gasteiger partial charge in [-0.2, -0.15) is 0 Å². The largest absolute Gasteiger partial charge is 0.472 e. The average molecular weight is 979 g/mol. The van der Waals surface area contributed by atoms with E-state index in [0.717, 1.165) is 77.0 Å². The Kier molecular flexibility index (Phi) is 49.3. The summed E-state index contributed by atoms with van der Waals surface area (Å²) in [5.74, 6) is -0.157. The van der Waals surface area contributed by atoms with Crippen molar-refractivity contribution in [3.63, 3.8) is 0 Å². The lowest BCUT2D eigenvalue weighted by atomic mass is 10.0. The highest BCUT2D eigenvalue weighted by atomic mass is 31.2. The molecular weight excluding hydrogens is 864 g/mol. The van der Waals surface area contributed by atoms with E-state index in [1.54, 1.807) is 0 Å². The molecule has 0 aliphatic carbocycles. The fraction of sp³-hybridized carbons (Fsp3) is 0.847. The quantitative estimate of drug-likeness (QED) is 0.0243. The third-order valence-electron chi connectivity index (χ3n) is 13.1. The summed E-state index contributed by atoms with van der Waals surface area (Å²) in [6.45, 7) is 4.79. The van der Waals surface area contributed by atoms with Crippen molar-refractivity contribution in [2.45, 2.75) is 283 Å². The molecule has 0 aliphatic heterocycles. The normalized spacial score (nSPS) is 14.3. The van der Waals surface area contributed by atoms with Crippen molar-refractivity contribution in [3.8, 4) is 0 Å². The van der Waals surface area contributed by atoms with E-state index in [4.69, 9.17) is 9.05 Å². The van der Waals surface area contributed by atoms with E-state index >= 15 is 0 Å². The molecule has 0 rings (SSSR count). The maximum atomic E-state index is 13.0. The summed E-state index contributed by atoms with van der Waals surface area (Å²) in [7, 11) is 1.61. The summed E-state index contributed by atoms with van der Waals surface area (Å²) in [6.07, 6.45) is 66.0. The van der Waals surface area contributed by atoms with Crippen LogP contribution in [0.1, 0.15) is 271 Å². The van der Waals surface area contributed by atoms with Gasteiger partial charge in [-0.05, 0) is 51.4 Å². The van der Waals surface area contributed by atoms with Gasteiger partial charge < -0.3 is 19.8 Å². The van der Waals surface area contributed by atoms with E-state index in [-0.39, 0.29) is 19.1 Å². The van der Waals surface area contributed by atoms with Crippen molar-refractivity contribution in [3.05, 3.63) is 48.6 Å². The number of hydrogen-bond acceptors (Lipinski definition) is 5. The highest BCUT2D eigenvalue weighted by Crippen LogP contribution is 2.43. The van der Waals surface area contributed by atoms with E-state index in [0.29, 0.717) is 23.9 Å². The molecule has 0 aromatic carbocycles. The van der Waals surface area contributed by atoms with E-state index in [9.17, 15) is 19.4 Å². The molecule has 3 unspecified atom stereocenters. The number of nitrogens with one attached hydrogen (secondary N) is 1. The zero-order chi connectivity index (χ0) is 49.9. The number of phosphoric ester groups is 1. The Morgan fingerprint density at radius 1 is 0.515 bits per heavy atom. The molecule has 0 fully saturated rings. The predicted octanol–water partition coefficient (Wildman–Crippen LogP) is 17.5. The van der Waals surface area contributed by atoms with Crippen molar-refractivity contribution in [1.29, 1.82) is 0 Å². The van der Waals surface area contributed by atoms with Crippen LogP contribution < -0.4 is 5.32 Å². The van der Waals surface area contributed by atoms with Crippen LogP contribution in [0.4, 0.5) is 0 Å². The SMILES string of the molecule is CC/C=C\C/C=C\C/C=C\C/C=C\CCCCCCCCC(=O)NC(COP(=O)(O)OCC[N+](C)(C)C)C(O)CCCCCCCCCCCCCCCCCCCCCCCCCCCCC. The van der Waals surface area contributed by atoms with Crippen LogP contribution in [-0.4, -0.2) is 73.4 Å². The molecule has 9 heteroatoms. The van der Waals surface area contributed by atoms with Crippen LogP contribution >= 0.6 is 7.82 Å². The fourth-order valence-corrected chi connectivity index (χ4v) is 9.31. The first-order chi connectivity index (χ1) is 33.0. The number of quaternary nitrogens is 1. The lowest BCUT2D eigenvalue weighted by Crippen LogP contribution is -2.46. The summed E-state index contributed by atoms with van der Waals surface area (Å²) in [5, 5.41) is 14.1. The topological polar surface area (TPSA) is 105 Å². The third kappa shape index (κ3) is 52.3. The van der Waals surface area contributed by atoms with E-state index in [1.807, 2.05) is 21.1 Å². The average Bonchev–Trinajstić information content (AvgIpc) is 3.30. The van der Waals surface area contributed by atoms with Gasteiger partial charge >= 0.3 is 7.82 Å². The number of aliphatic hydroxyl groups is 1. The number of unbranched alkanes of at least 4 members (excludes halogenated alkanes) is 32. The van der Waals surface area contributed by atoms with Crippen molar-refractivity contribution < 1.29 is 32.9 Å². The third-order valence-corrected chi connectivity index (χ3v) is 14.1. The number of rotatable bonds is 53. The second kappa shape index (κ2) is 50.4. The standard InChI is InChI=1S/C59H113N2O6P/c1-6-8-10-12-14-16-18-20-22-24-26-27-28-29-30-31-32-33-35-36-38-40-42-44-46-48-50-52-58(62)57(56-67-68(64,65)66-55-54-61(3,4)5)60-59(63)53-51-49-47-45-43-41-39-37-34-25-23-21-19-17-15-13-11-9-7-2/h9,11,15,17,21,23,34,37,57-58,62H,6-8,10,12-14,16,18-20,22,24-33,35-36,38-56H2,1-5H3,(H-,60,63,64,65)/p+1/b11-9-,17-15-,23-21-,37-34-. The van der Waals surface area contributed by atoms with Gasteiger partial charge in [-0.3, -0.25) is 13.8 Å². The summed E-state index contributed by atoms with van der Waals surface area (Å²) in [4.78, 5) is 23.3. The van der Waals surface area contributed by atoms with Crippen LogP contribution in [-0.2, 0) is 18.4 Å². The number of amides is 1. The molecule has 1 amide bonds. The zero-order valence-electron chi connectivity index (χ0n) is 45.6. The Balaban J connectivity index is 4.15. The van der Waals surface area contributed by atoms with Gasteiger partial charge in [0.25, 0.3) is 0 Å². The Morgan fingerprint density at radius 3 is 1.29 bits per heavy atom. The number of phosphoric acid groups is 1. The minimum absolute atomic E-state index is 0.0703. The maximum Gasteiger partial charge on any atom is 0.472 e. The molecule has 0 saturated heterocycles. The van der Waals surface area contributed by atoms with Crippen molar-refractivity contribution in [1.82, 2.24) is 5.32 Å². The van der Waals surface area contributed by atoms with E-state index < -0.39 is 20.0 Å². The first kappa shape index (κ1) is 66.5. The van der Waals surface area contributed by atoms with Crippen LogP contribution in [0.15, 0.2) is 48.6 Å². The number of carbonyl (C=O) groups is 1. The molecule has 0 heterocycles. The van der Waals surface area contributed by atoms with Crippen molar-refractivity contribution in [2.75, 3.05) is 40.9 Å². The minimum Gasteiger partial charge on any atom is -0.391 e. The van der Waals surface area contributed by atoms with Crippen LogP contribution in [0.2, 0.25) is 0 Å². The van der Waals surface area contributed by atoms with Gasteiger partial charge in [0.2, 0.25) is 5.91 Å². The number of aliphatic hydroxyl groups excluding tert-OH is 1. The highest BCUT2D eigenvalue weighted by molar-refractivity contribution is 7.47. The zero-order valence-corrected chi connectivity index (χ0v) is 46.5. The molecule has 0 aromatic heterocycles. The van der Waals surface area contributed by atoms with Gasteiger partial charge in [0, 0.05) is 6.42 Å². The molecule has 400 valence electrons. The summed E-state index contributed by atoms with van der Waals surface area (Å²) in [6, 6.07) is -0.771. The molecule has 0 aromatic rings. The number of hydrogen-bond donors (Lipinski definition) is 3. The molecule has 68 heavy (non-hydrogen) atoms. The molecule has 3 atom stereocenters. The number of likely N-dealkylation sites (N-methyl/N-ethyl adjacent to an activating group) is 1. The van der Waals surface area contributed by atoms with Gasteiger partial charge in [-0.15, -0.1) is 0 Å². The number of nitrogens with zero attached hydrogens (tertiary/aromatic N) is 1. The molecule has 0 radical (unpaired) electrons. The minimum atomic E-state index is -4.33. The molecule has 0 aliphatic rings. The fourth-order valence-electron chi connectivity index (χ4n) is 8.57. The van der Waals surface area contributed by atoms with Crippen LogP contribution in [0.25, 0.3) is 0 Å². The van der Waals surface area contributed by atoms with Gasteiger partial charge in [0.05, 0.1) is 39.9 Å². The van der Waals surface area contributed by atoms with Gasteiger partial charge in [0.15, 0.2) is 0 Å². The van der Waals surface area contributed by atoms with Crippen molar-refractivity contribution in [2.24, 2.45) is 0 Å². The maximum absolute atomic E-state index is 13.0. The molecule has 3 N–H and O–H groups in total. The van der Waals surface area contributed by atoms with Crippen molar-refractivity contribution >= 4 is 13.7 Å².